The van der Waals surface area contributed by atoms with Crippen molar-refractivity contribution in [2.24, 2.45) is 5.92 Å². The molecule has 1 atom stereocenters. The van der Waals surface area contributed by atoms with E-state index < -0.39 is 35.6 Å². The van der Waals surface area contributed by atoms with Crippen LogP contribution in [0, 0.1) is 11.7 Å². The predicted molar refractivity (Wildman–Crippen MR) is 155 cm³/mol. The Kier molecular flexibility index (Phi) is 7.85. The molecule has 2 N–H and O–H groups in total. The summed E-state index contributed by atoms with van der Waals surface area (Å²) in [4.78, 5) is 56.2. The van der Waals surface area contributed by atoms with E-state index in [0.29, 0.717) is 24.3 Å². The molecular weight excluding hydrogens is 549 g/mol. The van der Waals surface area contributed by atoms with Crippen LogP contribution in [0.3, 0.4) is 0 Å². The zero-order chi connectivity index (χ0) is 29.3. The van der Waals surface area contributed by atoms with Gasteiger partial charge in [-0.2, -0.15) is 0 Å². The van der Waals surface area contributed by atoms with Gasteiger partial charge < -0.3 is 10.6 Å². The molecular formula is C30H27ClFN5O4. The van der Waals surface area contributed by atoms with Crippen LogP contribution in [-0.4, -0.2) is 25.9 Å². The fourth-order valence-electron chi connectivity index (χ4n) is 4.99. The van der Waals surface area contributed by atoms with Crippen molar-refractivity contribution in [3.8, 4) is 11.1 Å². The third kappa shape index (κ3) is 5.83. The molecule has 0 radical (unpaired) electrons. The van der Waals surface area contributed by atoms with Crippen LogP contribution < -0.4 is 21.9 Å². The number of hydrogen-bond acceptors (Lipinski definition) is 5. The summed E-state index contributed by atoms with van der Waals surface area (Å²) in [5.74, 6) is -1.10. The zero-order valence-electron chi connectivity index (χ0n) is 22.4. The van der Waals surface area contributed by atoms with Crippen LogP contribution in [0.1, 0.15) is 31.0 Å². The van der Waals surface area contributed by atoms with Gasteiger partial charge >= 0.3 is 5.69 Å². The Morgan fingerprint density at radius 1 is 1.02 bits per heavy atom. The average Bonchev–Trinajstić information content (AvgIpc) is 3.36. The first kappa shape index (κ1) is 28.0. The number of benzene rings is 2. The van der Waals surface area contributed by atoms with Crippen molar-refractivity contribution >= 4 is 34.9 Å². The monoisotopic (exact) mass is 575 g/mol. The lowest BCUT2D eigenvalue weighted by atomic mass is 10.1. The number of hydrogen-bond donors (Lipinski definition) is 2. The minimum atomic E-state index is -0.705. The van der Waals surface area contributed by atoms with Crippen LogP contribution in [0.5, 0.6) is 0 Å². The fraction of sp³-hybridized carbons (Fsp3) is 0.233. The number of nitrogens with one attached hydrogen (secondary N) is 2. The Hall–Kier alpha value is -4.57. The van der Waals surface area contributed by atoms with E-state index in [4.69, 9.17) is 11.6 Å². The second-order valence-electron chi connectivity index (χ2n) is 10.2. The molecule has 0 spiro atoms. The molecule has 210 valence electrons. The molecule has 2 heterocycles. The van der Waals surface area contributed by atoms with Crippen molar-refractivity contribution in [1.29, 1.82) is 0 Å². The molecule has 2 aromatic heterocycles. The molecule has 1 aliphatic rings. The van der Waals surface area contributed by atoms with Gasteiger partial charge in [-0.1, -0.05) is 35.9 Å². The minimum Gasteiger partial charge on any atom is -0.325 e. The highest BCUT2D eigenvalue weighted by Crippen LogP contribution is 2.30. The summed E-state index contributed by atoms with van der Waals surface area (Å²) in [5.41, 5.74) is 1.29. The molecule has 0 saturated carbocycles. The van der Waals surface area contributed by atoms with Crippen LogP contribution in [0.4, 0.5) is 15.9 Å². The van der Waals surface area contributed by atoms with E-state index in [2.05, 4.69) is 15.6 Å². The maximum Gasteiger partial charge on any atom is 0.331 e. The van der Waals surface area contributed by atoms with Gasteiger partial charge in [0.1, 0.15) is 18.2 Å². The number of carbonyl (C=O) groups is 2. The maximum absolute atomic E-state index is 14.2. The molecule has 11 heteroatoms. The molecule has 0 aliphatic heterocycles. The number of fused-ring (bicyclic) bond motifs is 1. The van der Waals surface area contributed by atoms with Crippen molar-refractivity contribution in [3.63, 3.8) is 0 Å². The van der Waals surface area contributed by atoms with E-state index in [1.165, 1.54) is 24.4 Å². The number of amides is 2. The van der Waals surface area contributed by atoms with Gasteiger partial charge in [-0.15, -0.1) is 0 Å². The molecule has 1 aliphatic carbocycles. The van der Waals surface area contributed by atoms with Crippen LogP contribution in [-0.2, 0) is 29.0 Å². The van der Waals surface area contributed by atoms with E-state index in [0.717, 1.165) is 20.3 Å². The normalized spacial score (nSPS) is 14.1. The van der Waals surface area contributed by atoms with Gasteiger partial charge in [-0.3, -0.25) is 23.5 Å². The summed E-state index contributed by atoms with van der Waals surface area (Å²) in [7, 11) is 0. The van der Waals surface area contributed by atoms with Crippen molar-refractivity contribution in [1.82, 2.24) is 14.1 Å². The van der Waals surface area contributed by atoms with Crippen molar-refractivity contribution < 1.29 is 14.0 Å². The Bertz CT molecular complexity index is 1770. The average molecular weight is 576 g/mol. The predicted octanol–water partition coefficient (Wildman–Crippen LogP) is 4.44. The summed E-state index contributed by atoms with van der Waals surface area (Å²) in [6, 6.07) is 14.3. The molecule has 2 amide bonds. The molecule has 4 aromatic rings. The number of aromatic nitrogens is 3. The zero-order valence-corrected chi connectivity index (χ0v) is 23.1. The number of halogens is 2. The third-order valence-electron chi connectivity index (χ3n) is 6.97. The summed E-state index contributed by atoms with van der Waals surface area (Å²) in [6.45, 7) is 2.94. The smallest absolute Gasteiger partial charge is 0.325 e. The van der Waals surface area contributed by atoms with Gasteiger partial charge in [0.05, 0.1) is 10.6 Å². The Morgan fingerprint density at radius 2 is 1.80 bits per heavy atom. The lowest BCUT2D eigenvalue weighted by Crippen LogP contribution is -2.42. The number of rotatable bonds is 7. The lowest BCUT2D eigenvalue weighted by Gasteiger charge is -2.16. The van der Waals surface area contributed by atoms with Gasteiger partial charge in [0.2, 0.25) is 11.8 Å². The first-order chi connectivity index (χ1) is 19.6. The second-order valence-corrected chi connectivity index (χ2v) is 10.5. The van der Waals surface area contributed by atoms with Crippen LogP contribution >= 0.6 is 11.6 Å². The van der Waals surface area contributed by atoms with Crippen molar-refractivity contribution in [2.45, 2.75) is 39.3 Å². The first-order valence-corrected chi connectivity index (χ1v) is 13.4. The summed E-state index contributed by atoms with van der Waals surface area (Å²) < 4.78 is 16.3. The topological polar surface area (TPSA) is 115 Å². The molecule has 0 saturated heterocycles. The lowest BCUT2D eigenvalue weighted by molar-refractivity contribution is -0.119. The summed E-state index contributed by atoms with van der Waals surface area (Å²) in [6.07, 6.45) is 3.92. The number of anilines is 2. The van der Waals surface area contributed by atoms with Crippen LogP contribution in [0.25, 0.3) is 11.1 Å². The molecule has 1 unspecified atom stereocenters. The quantitative estimate of drug-likeness (QED) is 0.338. The summed E-state index contributed by atoms with van der Waals surface area (Å²) in [5, 5.41) is 5.37. The van der Waals surface area contributed by atoms with E-state index >= 15 is 0 Å². The largest absolute Gasteiger partial charge is 0.331 e. The van der Waals surface area contributed by atoms with Gasteiger partial charge in [0.15, 0.2) is 0 Å². The van der Waals surface area contributed by atoms with Crippen molar-refractivity contribution in [3.05, 3.63) is 110 Å². The van der Waals surface area contributed by atoms with E-state index in [-0.39, 0.29) is 28.0 Å². The van der Waals surface area contributed by atoms with Crippen LogP contribution in [0.15, 0.2) is 76.6 Å². The Morgan fingerprint density at radius 3 is 2.54 bits per heavy atom. The molecule has 5 rings (SSSR count). The van der Waals surface area contributed by atoms with Crippen molar-refractivity contribution in [2.75, 3.05) is 10.6 Å². The number of carbonyl (C=O) groups excluding carboxylic acids is 2. The van der Waals surface area contributed by atoms with Gasteiger partial charge in [0, 0.05) is 35.6 Å². The van der Waals surface area contributed by atoms with Gasteiger partial charge in [-0.05, 0) is 68.1 Å². The molecule has 2 aromatic carbocycles. The molecule has 41 heavy (non-hydrogen) atoms. The Labute approximate surface area is 239 Å². The molecule has 0 fully saturated rings. The SMILES string of the molecule is CC(C)n1c(=O)c(-c2cccc(F)c2Cl)cn(CC(=O)Nc2ccc3c(c2)CC(C(=O)Nc2ccccn2)C3)c1=O. The highest BCUT2D eigenvalue weighted by Gasteiger charge is 2.28. The first-order valence-electron chi connectivity index (χ1n) is 13.1. The van der Waals surface area contributed by atoms with E-state index in [1.54, 1.807) is 44.3 Å². The maximum atomic E-state index is 14.2. The van der Waals surface area contributed by atoms with Gasteiger partial charge in [0.25, 0.3) is 5.56 Å². The fourth-order valence-corrected chi connectivity index (χ4v) is 5.22. The minimum absolute atomic E-state index is 0.00292. The number of nitrogens with zero attached hydrogens (tertiary/aromatic N) is 3. The van der Waals surface area contributed by atoms with Crippen LogP contribution in [0.2, 0.25) is 5.02 Å². The molecule has 9 nitrogen and oxygen atoms in total. The molecule has 0 bridgehead atoms. The standard InChI is InChI=1S/C30H27ClFN5O4/c1-17(2)37-29(40)23(22-6-5-7-24(32)27(22)31)15-36(30(37)41)16-26(38)34-21-10-9-18-12-20(13-19(18)14-21)28(39)35-25-8-3-4-11-33-25/h3-11,14-15,17,20H,12-13,16H2,1-2H3,(H,34,38)(H,33,35,39). The Balaban J connectivity index is 1.34. The van der Waals surface area contributed by atoms with E-state index in [9.17, 15) is 23.6 Å². The summed E-state index contributed by atoms with van der Waals surface area (Å²) >= 11 is 6.14. The third-order valence-corrected chi connectivity index (χ3v) is 7.35. The highest BCUT2D eigenvalue weighted by atomic mass is 35.5. The van der Waals surface area contributed by atoms with Gasteiger partial charge in [-0.25, -0.2) is 14.2 Å². The second kappa shape index (κ2) is 11.5. The number of pyridine rings is 1. The highest BCUT2D eigenvalue weighted by molar-refractivity contribution is 6.33. The van der Waals surface area contributed by atoms with E-state index in [1.807, 2.05) is 12.1 Å².